The molecule has 156 valence electrons. The zero-order chi connectivity index (χ0) is 21.6. The van der Waals surface area contributed by atoms with Gasteiger partial charge in [-0.1, -0.05) is 18.2 Å². The molecule has 8 heteroatoms. The normalized spacial score (nSPS) is 15.4. The van der Waals surface area contributed by atoms with Crippen LogP contribution < -0.4 is 4.90 Å². The first-order valence-corrected chi connectivity index (χ1v) is 9.79. The van der Waals surface area contributed by atoms with Gasteiger partial charge in [0, 0.05) is 44.5 Å². The van der Waals surface area contributed by atoms with E-state index in [0.717, 1.165) is 28.0 Å². The quantitative estimate of drug-likeness (QED) is 0.545. The molecule has 0 atom stereocenters. The minimum atomic E-state index is -0.534. The van der Waals surface area contributed by atoms with Crippen molar-refractivity contribution in [2.45, 2.75) is 32.9 Å². The number of carbonyl (C=O) groups excluding carboxylic acids is 1. The Balaban J connectivity index is 1.61. The van der Waals surface area contributed by atoms with E-state index in [1.54, 1.807) is 17.2 Å². The lowest BCUT2D eigenvalue weighted by Crippen LogP contribution is -2.35. The summed E-state index contributed by atoms with van der Waals surface area (Å²) in [4.78, 5) is 31.6. The number of hydrogen-bond acceptors (Lipinski definition) is 6. The van der Waals surface area contributed by atoms with E-state index in [1.807, 2.05) is 44.9 Å². The molecule has 2 aliphatic rings. The van der Waals surface area contributed by atoms with Crippen molar-refractivity contribution in [2.24, 2.45) is 0 Å². The minimum Gasteiger partial charge on any atom is -0.444 e. The summed E-state index contributed by atoms with van der Waals surface area (Å²) < 4.78 is 5.46. The number of fused-ring (bicyclic) bond motifs is 3. The maximum absolute atomic E-state index is 12.3. The van der Waals surface area contributed by atoms with Gasteiger partial charge >= 0.3 is 6.09 Å². The van der Waals surface area contributed by atoms with Crippen LogP contribution in [0.25, 0.3) is 16.8 Å². The first-order chi connectivity index (χ1) is 14.1. The van der Waals surface area contributed by atoms with Gasteiger partial charge in [0.2, 0.25) is 0 Å². The highest BCUT2D eigenvalue weighted by Crippen LogP contribution is 2.43. The van der Waals surface area contributed by atoms with Crippen molar-refractivity contribution in [3.05, 3.63) is 57.8 Å². The van der Waals surface area contributed by atoms with Gasteiger partial charge in [0.1, 0.15) is 11.3 Å². The molecule has 2 aromatic rings. The molecular formula is C22H24N4O4. The first kappa shape index (κ1) is 19.9. The highest BCUT2D eigenvalue weighted by atomic mass is 16.6. The van der Waals surface area contributed by atoms with Crippen LogP contribution in [0.15, 0.2) is 36.5 Å². The highest BCUT2D eigenvalue weighted by molar-refractivity contribution is 5.88. The van der Waals surface area contributed by atoms with Gasteiger partial charge in [0.15, 0.2) is 0 Å². The van der Waals surface area contributed by atoms with E-state index in [4.69, 9.17) is 4.74 Å². The average molecular weight is 408 g/mol. The fourth-order valence-electron chi connectivity index (χ4n) is 3.88. The Bertz CT molecular complexity index is 1070. The van der Waals surface area contributed by atoms with Gasteiger partial charge in [-0.3, -0.25) is 15.1 Å². The molecule has 1 amide bonds. The molecule has 2 aliphatic heterocycles. The number of nitro benzene ring substituents is 1. The molecule has 0 unspecified atom stereocenters. The van der Waals surface area contributed by atoms with Crippen molar-refractivity contribution >= 4 is 23.0 Å². The molecular weight excluding hydrogens is 384 g/mol. The molecule has 0 saturated carbocycles. The molecule has 3 heterocycles. The fourth-order valence-corrected chi connectivity index (χ4v) is 3.88. The van der Waals surface area contributed by atoms with Crippen LogP contribution in [0.1, 0.15) is 31.9 Å². The Hall–Kier alpha value is -3.42. The molecule has 0 fully saturated rings. The number of para-hydroxylation sites is 1. The van der Waals surface area contributed by atoms with E-state index in [-0.39, 0.29) is 16.7 Å². The number of hydrogen-bond donors (Lipinski definition) is 0. The summed E-state index contributed by atoms with van der Waals surface area (Å²) in [5.41, 5.74) is 4.62. The molecule has 4 rings (SSSR count). The summed E-state index contributed by atoms with van der Waals surface area (Å²) in [6, 6.07) is 7.13. The van der Waals surface area contributed by atoms with Crippen LogP contribution >= 0.6 is 0 Å². The smallest absolute Gasteiger partial charge is 0.410 e. The van der Waals surface area contributed by atoms with Gasteiger partial charge in [0.25, 0.3) is 5.69 Å². The third-order valence-electron chi connectivity index (χ3n) is 5.16. The number of amides is 1. The summed E-state index contributed by atoms with van der Waals surface area (Å²) in [5, 5.41) is 11.4. The lowest BCUT2D eigenvalue weighted by Gasteiger charge is -2.28. The number of anilines is 1. The van der Waals surface area contributed by atoms with Gasteiger partial charge in [0.05, 0.1) is 10.6 Å². The third-order valence-corrected chi connectivity index (χ3v) is 5.16. The molecule has 0 bridgehead atoms. The summed E-state index contributed by atoms with van der Waals surface area (Å²) >= 11 is 0. The largest absolute Gasteiger partial charge is 0.444 e. The molecule has 1 aromatic carbocycles. The average Bonchev–Trinajstić information content (AvgIpc) is 3.16. The van der Waals surface area contributed by atoms with Gasteiger partial charge in [-0.15, -0.1) is 0 Å². The second kappa shape index (κ2) is 7.12. The molecule has 0 saturated heterocycles. The predicted octanol–water partition coefficient (Wildman–Crippen LogP) is 4.24. The number of nitrogens with zero attached hydrogens (tertiary/aromatic N) is 4. The zero-order valence-electron chi connectivity index (χ0n) is 17.5. The number of ether oxygens (including phenoxy) is 1. The Morgan fingerprint density at radius 1 is 1.27 bits per heavy atom. The number of benzene rings is 1. The monoisotopic (exact) mass is 408 g/mol. The number of aromatic nitrogens is 1. The maximum Gasteiger partial charge on any atom is 0.410 e. The van der Waals surface area contributed by atoms with Crippen LogP contribution in [-0.2, 0) is 11.3 Å². The molecule has 0 spiro atoms. The van der Waals surface area contributed by atoms with Crippen LogP contribution in [0.2, 0.25) is 0 Å². The van der Waals surface area contributed by atoms with Crippen LogP contribution in [0.3, 0.4) is 0 Å². The van der Waals surface area contributed by atoms with E-state index in [9.17, 15) is 14.9 Å². The van der Waals surface area contributed by atoms with Gasteiger partial charge < -0.3 is 14.5 Å². The van der Waals surface area contributed by atoms with Gasteiger partial charge in [-0.2, -0.15) is 0 Å². The number of nitro groups is 1. The molecule has 30 heavy (non-hydrogen) atoms. The maximum atomic E-state index is 12.3. The van der Waals surface area contributed by atoms with Crippen LogP contribution in [0.4, 0.5) is 16.2 Å². The van der Waals surface area contributed by atoms with Crippen molar-refractivity contribution in [1.82, 2.24) is 9.88 Å². The third kappa shape index (κ3) is 3.60. The molecule has 0 N–H and O–H groups in total. The van der Waals surface area contributed by atoms with Gasteiger partial charge in [-0.05, 0) is 43.5 Å². The van der Waals surface area contributed by atoms with Crippen molar-refractivity contribution < 1.29 is 14.5 Å². The minimum absolute atomic E-state index is 0.0815. The Morgan fingerprint density at radius 3 is 2.73 bits per heavy atom. The van der Waals surface area contributed by atoms with E-state index < -0.39 is 5.60 Å². The number of carbonyl (C=O) groups is 1. The van der Waals surface area contributed by atoms with Crippen molar-refractivity contribution in [2.75, 3.05) is 25.0 Å². The Labute approximate surface area is 174 Å². The van der Waals surface area contributed by atoms with Crippen LogP contribution in [0, 0.1) is 10.1 Å². The standard InChI is InChI=1S/C22H24N4O4/c1-22(2,3)30-21(27)25-9-8-14(13-25)15-10-16-12-24(4)20-17(19(16)23-11-15)6-5-7-18(20)26(28)29/h5-8,10-11H,9,12-13H2,1-4H3. The van der Waals surface area contributed by atoms with Crippen molar-refractivity contribution in [1.29, 1.82) is 0 Å². The van der Waals surface area contributed by atoms with Crippen molar-refractivity contribution in [3.63, 3.8) is 0 Å². The fraction of sp³-hybridized carbons (Fsp3) is 0.364. The van der Waals surface area contributed by atoms with E-state index in [1.165, 1.54) is 6.07 Å². The zero-order valence-corrected chi connectivity index (χ0v) is 17.5. The summed E-state index contributed by atoms with van der Waals surface area (Å²) in [7, 11) is 1.85. The number of pyridine rings is 1. The lowest BCUT2D eigenvalue weighted by molar-refractivity contribution is -0.384. The molecule has 0 aliphatic carbocycles. The molecule has 0 radical (unpaired) electrons. The van der Waals surface area contributed by atoms with E-state index in [2.05, 4.69) is 11.1 Å². The number of rotatable bonds is 2. The first-order valence-electron chi connectivity index (χ1n) is 9.79. The molecule has 1 aromatic heterocycles. The lowest BCUT2D eigenvalue weighted by atomic mass is 9.95. The Kier molecular flexibility index (Phi) is 4.72. The summed E-state index contributed by atoms with van der Waals surface area (Å²) in [6.07, 6.45) is 3.45. The van der Waals surface area contributed by atoms with Crippen LogP contribution in [-0.4, -0.2) is 46.6 Å². The second-order valence-corrected chi connectivity index (χ2v) is 8.61. The molecule has 8 nitrogen and oxygen atoms in total. The SMILES string of the molecule is CN1Cc2cc(C3=CCN(C(=O)OC(C)(C)C)C3)cnc2-c2cccc([N+](=O)[O-])c21. The van der Waals surface area contributed by atoms with E-state index in [0.29, 0.717) is 25.3 Å². The summed E-state index contributed by atoms with van der Waals surface area (Å²) in [5.74, 6) is 0. The topological polar surface area (TPSA) is 88.8 Å². The summed E-state index contributed by atoms with van der Waals surface area (Å²) in [6.45, 7) is 7.03. The van der Waals surface area contributed by atoms with Crippen molar-refractivity contribution in [3.8, 4) is 11.3 Å². The Morgan fingerprint density at radius 2 is 2.03 bits per heavy atom. The second-order valence-electron chi connectivity index (χ2n) is 8.61. The highest BCUT2D eigenvalue weighted by Gasteiger charge is 2.30. The predicted molar refractivity (Wildman–Crippen MR) is 114 cm³/mol. The van der Waals surface area contributed by atoms with E-state index >= 15 is 0 Å². The van der Waals surface area contributed by atoms with Crippen LogP contribution in [0.5, 0.6) is 0 Å². The van der Waals surface area contributed by atoms with Gasteiger partial charge in [-0.25, -0.2) is 4.79 Å².